The highest BCUT2D eigenvalue weighted by Crippen LogP contribution is 2.30. The number of hydrogen-bond acceptors (Lipinski definition) is 5. The molecule has 0 aliphatic rings. The predicted molar refractivity (Wildman–Crippen MR) is 115 cm³/mol. The summed E-state index contributed by atoms with van der Waals surface area (Å²) in [6.07, 6.45) is 0.951. The Hall–Kier alpha value is -2.00. The number of sulfonamides is 1. The number of ether oxygens (including phenoxy) is 1. The molecule has 0 atom stereocenters. The second kappa shape index (κ2) is 9.67. The smallest absolute Gasteiger partial charge is 0.339 e. The second-order valence-corrected chi connectivity index (χ2v) is 8.99. The van der Waals surface area contributed by atoms with E-state index in [9.17, 15) is 18.0 Å². The first-order valence-electron chi connectivity index (χ1n) is 8.22. The van der Waals surface area contributed by atoms with Crippen molar-refractivity contribution < 1.29 is 22.7 Å². The van der Waals surface area contributed by atoms with Gasteiger partial charge in [-0.15, -0.1) is 0 Å². The third-order valence-corrected chi connectivity index (χ3v) is 5.61. The van der Waals surface area contributed by atoms with Crippen LogP contribution in [0.4, 0.5) is 11.4 Å². The first-order chi connectivity index (χ1) is 13.5. The molecule has 0 bridgehead atoms. The summed E-state index contributed by atoms with van der Waals surface area (Å²) in [4.78, 5) is 24.4. The Morgan fingerprint density at radius 3 is 2.34 bits per heavy atom. The van der Waals surface area contributed by atoms with Gasteiger partial charge in [0, 0.05) is 10.7 Å². The minimum atomic E-state index is -3.83. The van der Waals surface area contributed by atoms with Gasteiger partial charge in [0.25, 0.3) is 0 Å². The van der Waals surface area contributed by atoms with Crippen LogP contribution >= 0.6 is 34.8 Å². The molecule has 2 rings (SSSR count). The number of halogens is 3. The van der Waals surface area contributed by atoms with Crippen LogP contribution in [-0.2, 0) is 19.6 Å². The summed E-state index contributed by atoms with van der Waals surface area (Å²) in [7, 11) is -3.83. The lowest BCUT2D eigenvalue weighted by atomic mass is 10.2. The van der Waals surface area contributed by atoms with Gasteiger partial charge < -0.3 is 10.1 Å². The van der Waals surface area contributed by atoms with Crippen molar-refractivity contribution in [3.05, 3.63) is 57.0 Å². The highest BCUT2D eigenvalue weighted by atomic mass is 35.5. The summed E-state index contributed by atoms with van der Waals surface area (Å²) in [5, 5.41) is 3.09. The number of hydrogen-bond donors (Lipinski definition) is 1. The van der Waals surface area contributed by atoms with Gasteiger partial charge >= 0.3 is 5.97 Å². The fourth-order valence-electron chi connectivity index (χ4n) is 2.36. The molecule has 2 aromatic rings. The Morgan fingerprint density at radius 1 is 1.07 bits per heavy atom. The maximum absolute atomic E-state index is 12.5. The van der Waals surface area contributed by atoms with E-state index in [0.717, 1.165) is 10.6 Å². The van der Waals surface area contributed by atoms with Crippen molar-refractivity contribution in [3.63, 3.8) is 0 Å². The molecule has 0 aliphatic carbocycles. The Kier molecular flexibility index (Phi) is 7.76. The van der Waals surface area contributed by atoms with Gasteiger partial charge in [-0.25, -0.2) is 13.2 Å². The van der Waals surface area contributed by atoms with Gasteiger partial charge in [0.1, 0.15) is 6.54 Å². The van der Waals surface area contributed by atoms with E-state index in [4.69, 9.17) is 39.5 Å². The van der Waals surface area contributed by atoms with Crippen molar-refractivity contribution in [2.45, 2.75) is 6.92 Å². The average molecular weight is 480 g/mol. The molecule has 0 heterocycles. The number of rotatable bonds is 7. The Balaban J connectivity index is 2.25. The molecule has 0 spiro atoms. The van der Waals surface area contributed by atoms with Crippen molar-refractivity contribution in [2.75, 3.05) is 29.0 Å². The quantitative estimate of drug-likeness (QED) is 0.600. The van der Waals surface area contributed by atoms with Crippen molar-refractivity contribution in [3.8, 4) is 0 Å². The van der Waals surface area contributed by atoms with Crippen molar-refractivity contribution >= 4 is 68.1 Å². The number of nitrogens with zero attached hydrogens (tertiary/aromatic N) is 1. The molecule has 0 saturated heterocycles. The Bertz CT molecular complexity index is 1040. The molecule has 11 heteroatoms. The van der Waals surface area contributed by atoms with Crippen LogP contribution in [0.15, 0.2) is 36.4 Å². The van der Waals surface area contributed by atoms with E-state index in [2.05, 4.69) is 5.32 Å². The first-order valence-corrected chi connectivity index (χ1v) is 11.2. The zero-order chi connectivity index (χ0) is 21.8. The maximum Gasteiger partial charge on any atom is 0.339 e. The fraction of sp³-hybridized carbons (Fsp3) is 0.222. The molecule has 1 amide bonds. The average Bonchev–Trinajstić information content (AvgIpc) is 2.61. The molecule has 0 saturated carbocycles. The monoisotopic (exact) mass is 478 g/mol. The van der Waals surface area contributed by atoms with Crippen molar-refractivity contribution in [2.24, 2.45) is 0 Å². The number of benzene rings is 2. The summed E-state index contributed by atoms with van der Waals surface area (Å²) in [5.41, 5.74) is 0.433. The van der Waals surface area contributed by atoms with Gasteiger partial charge in [0.05, 0.1) is 34.2 Å². The number of nitrogens with one attached hydrogen (secondary N) is 1. The van der Waals surface area contributed by atoms with Crippen LogP contribution in [-0.4, -0.2) is 39.7 Å². The molecular formula is C18H17Cl3N2O5S. The molecule has 0 unspecified atom stereocenters. The topological polar surface area (TPSA) is 92.8 Å². The van der Waals surface area contributed by atoms with Gasteiger partial charge in [-0.2, -0.15) is 0 Å². The number of carbonyl (C=O) groups is 2. The Labute approximate surface area is 183 Å². The van der Waals surface area contributed by atoms with Crippen LogP contribution in [0.5, 0.6) is 0 Å². The van der Waals surface area contributed by atoms with E-state index in [-0.39, 0.29) is 33.6 Å². The van der Waals surface area contributed by atoms with Crippen LogP contribution < -0.4 is 9.62 Å². The maximum atomic E-state index is 12.5. The van der Waals surface area contributed by atoms with Gasteiger partial charge in [0.2, 0.25) is 15.9 Å². The van der Waals surface area contributed by atoms with Crippen LogP contribution in [0, 0.1) is 0 Å². The van der Waals surface area contributed by atoms with E-state index >= 15 is 0 Å². The number of amides is 1. The SMILES string of the molecule is CCOC(=O)c1cc(NC(=O)CN(c2ccc(Cl)cc2Cl)S(C)(=O)=O)ccc1Cl. The zero-order valence-corrected chi connectivity index (χ0v) is 18.5. The highest BCUT2D eigenvalue weighted by molar-refractivity contribution is 7.92. The summed E-state index contributed by atoms with van der Waals surface area (Å²) in [5.74, 6) is -1.29. The van der Waals surface area contributed by atoms with Crippen LogP contribution in [0.3, 0.4) is 0 Å². The lowest BCUT2D eigenvalue weighted by Gasteiger charge is -2.23. The minimum absolute atomic E-state index is 0.0758. The van der Waals surface area contributed by atoms with Crippen LogP contribution in [0.1, 0.15) is 17.3 Å². The van der Waals surface area contributed by atoms with E-state index in [1.807, 2.05) is 0 Å². The van der Waals surface area contributed by atoms with Gasteiger partial charge in [-0.3, -0.25) is 9.10 Å². The van der Waals surface area contributed by atoms with Gasteiger partial charge in [0.15, 0.2) is 0 Å². The van der Waals surface area contributed by atoms with E-state index in [0.29, 0.717) is 5.02 Å². The van der Waals surface area contributed by atoms with Crippen LogP contribution in [0.2, 0.25) is 15.1 Å². The lowest BCUT2D eigenvalue weighted by Crippen LogP contribution is -2.37. The zero-order valence-electron chi connectivity index (χ0n) is 15.4. The molecule has 156 valence electrons. The third kappa shape index (κ3) is 6.24. The second-order valence-electron chi connectivity index (χ2n) is 5.83. The van der Waals surface area contributed by atoms with E-state index < -0.39 is 28.4 Å². The molecule has 0 aliphatic heterocycles. The third-order valence-electron chi connectivity index (χ3n) is 3.61. The molecule has 0 radical (unpaired) electrons. The first kappa shape index (κ1) is 23.3. The molecule has 2 aromatic carbocycles. The molecule has 1 N–H and O–H groups in total. The molecule has 0 fully saturated rings. The van der Waals surface area contributed by atoms with Crippen LogP contribution in [0.25, 0.3) is 0 Å². The molecule has 29 heavy (non-hydrogen) atoms. The van der Waals surface area contributed by atoms with Crippen molar-refractivity contribution in [1.82, 2.24) is 0 Å². The van der Waals surface area contributed by atoms with Gasteiger partial charge in [-0.05, 0) is 43.3 Å². The largest absolute Gasteiger partial charge is 0.462 e. The fourth-order valence-corrected chi connectivity index (χ4v) is 3.99. The van der Waals surface area contributed by atoms with E-state index in [1.54, 1.807) is 6.92 Å². The minimum Gasteiger partial charge on any atom is -0.462 e. The van der Waals surface area contributed by atoms with Gasteiger partial charge in [-0.1, -0.05) is 34.8 Å². The van der Waals surface area contributed by atoms with E-state index in [1.165, 1.54) is 36.4 Å². The summed E-state index contributed by atoms with van der Waals surface area (Å²) in [6.45, 7) is 1.27. The Morgan fingerprint density at radius 2 is 1.76 bits per heavy atom. The summed E-state index contributed by atoms with van der Waals surface area (Å²) in [6, 6.07) is 8.48. The molecule has 0 aromatic heterocycles. The number of anilines is 2. The summed E-state index contributed by atoms with van der Waals surface area (Å²) < 4.78 is 30.1. The normalized spacial score (nSPS) is 11.1. The number of esters is 1. The molecule has 7 nitrogen and oxygen atoms in total. The summed E-state index contributed by atoms with van der Waals surface area (Å²) >= 11 is 17.9. The predicted octanol–water partition coefficient (Wildman–Crippen LogP) is 4.23. The lowest BCUT2D eigenvalue weighted by molar-refractivity contribution is -0.114. The number of carbonyl (C=O) groups excluding carboxylic acids is 2. The standard InChI is InChI=1S/C18H17Cl3N2O5S/c1-3-28-18(25)13-9-12(5-6-14(13)20)22-17(24)10-23(29(2,26)27)16-7-4-11(19)8-15(16)21/h4-9H,3,10H2,1-2H3,(H,22,24). The highest BCUT2D eigenvalue weighted by Gasteiger charge is 2.23. The van der Waals surface area contributed by atoms with Crippen molar-refractivity contribution in [1.29, 1.82) is 0 Å². The molecular weight excluding hydrogens is 463 g/mol.